The first-order valence-corrected chi connectivity index (χ1v) is 6.81. The SMILES string of the molecule is CCC(C)(CN)C(=O)NCC(=O)NCc1ccccc1. The van der Waals surface area contributed by atoms with E-state index in [-0.39, 0.29) is 24.9 Å². The summed E-state index contributed by atoms with van der Waals surface area (Å²) >= 11 is 0. The van der Waals surface area contributed by atoms with Gasteiger partial charge in [0.1, 0.15) is 0 Å². The van der Waals surface area contributed by atoms with Crippen molar-refractivity contribution in [3.05, 3.63) is 35.9 Å². The molecule has 0 aliphatic rings. The van der Waals surface area contributed by atoms with Gasteiger partial charge in [-0.1, -0.05) is 37.3 Å². The van der Waals surface area contributed by atoms with E-state index < -0.39 is 5.41 Å². The van der Waals surface area contributed by atoms with E-state index in [0.29, 0.717) is 13.0 Å². The second-order valence-electron chi connectivity index (χ2n) is 5.06. The number of rotatable bonds is 7. The lowest BCUT2D eigenvalue weighted by atomic mass is 9.87. The second-order valence-corrected chi connectivity index (χ2v) is 5.06. The van der Waals surface area contributed by atoms with Gasteiger partial charge >= 0.3 is 0 Å². The highest BCUT2D eigenvalue weighted by Gasteiger charge is 2.29. The van der Waals surface area contributed by atoms with Crippen molar-refractivity contribution in [3.8, 4) is 0 Å². The molecule has 0 bridgehead atoms. The number of nitrogens with one attached hydrogen (secondary N) is 2. The molecule has 0 fully saturated rings. The minimum Gasteiger partial charge on any atom is -0.350 e. The fraction of sp³-hybridized carbons (Fsp3) is 0.467. The molecule has 2 amide bonds. The minimum atomic E-state index is -0.611. The summed E-state index contributed by atoms with van der Waals surface area (Å²) in [6.45, 7) is 4.39. The highest BCUT2D eigenvalue weighted by molar-refractivity contribution is 5.87. The van der Waals surface area contributed by atoms with E-state index in [1.165, 1.54) is 0 Å². The predicted octanol–water partition coefficient (Wildman–Crippen LogP) is 0.794. The van der Waals surface area contributed by atoms with Gasteiger partial charge in [0.15, 0.2) is 0 Å². The van der Waals surface area contributed by atoms with Gasteiger partial charge in [-0.05, 0) is 18.9 Å². The molecular weight excluding hydrogens is 254 g/mol. The number of benzene rings is 1. The van der Waals surface area contributed by atoms with Crippen LogP contribution in [0.4, 0.5) is 0 Å². The lowest BCUT2D eigenvalue weighted by Crippen LogP contribution is -2.46. The molecular formula is C15H23N3O2. The molecule has 5 nitrogen and oxygen atoms in total. The van der Waals surface area contributed by atoms with E-state index in [2.05, 4.69) is 10.6 Å². The van der Waals surface area contributed by atoms with Crippen LogP contribution in [0.2, 0.25) is 0 Å². The zero-order valence-electron chi connectivity index (χ0n) is 12.1. The van der Waals surface area contributed by atoms with Gasteiger partial charge in [0.05, 0.1) is 12.0 Å². The summed E-state index contributed by atoms with van der Waals surface area (Å²) in [5, 5.41) is 5.39. The molecule has 0 aromatic heterocycles. The Bertz CT molecular complexity index is 442. The van der Waals surface area contributed by atoms with Crippen molar-refractivity contribution in [1.82, 2.24) is 10.6 Å². The lowest BCUT2D eigenvalue weighted by molar-refractivity contribution is -0.132. The van der Waals surface area contributed by atoms with Crippen molar-refractivity contribution in [1.29, 1.82) is 0 Å². The summed E-state index contributed by atoms with van der Waals surface area (Å²) in [4.78, 5) is 23.6. The molecule has 4 N–H and O–H groups in total. The highest BCUT2D eigenvalue weighted by atomic mass is 16.2. The van der Waals surface area contributed by atoms with Gasteiger partial charge in [-0.25, -0.2) is 0 Å². The van der Waals surface area contributed by atoms with Crippen molar-refractivity contribution in [2.45, 2.75) is 26.8 Å². The average Bonchev–Trinajstić information content (AvgIpc) is 2.50. The van der Waals surface area contributed by atoms with E-state index in [9.17, 15) is 9.59 Å². The third-order valence-corrected chi connectivity index (χ3v) is 3.52. The standard InChI is InChI=1S/C15H23N3O2/c1-3-15(2,11-16)14(20)18-10-13(19)17-9-12-7-5-4-6-8-12/h4-8H,3,9-11,16H2,1-2H3,(H,17,19)(H,18,20). The van der Waals surface area contributed by atoms with Crippen molar-refractivity contribution >= 4 is 11.8 Å². The maximum Gasteiger partial charge on any atom is 0.239 e. The number of carbonyl (C=O) groups excluding carboxylic acids is 2. The predicted molar refractivity (Wildman–Crippen MR) is 78.8 cm³/mol. The smallest absolute Gasteiger partial charge is 0.239 e. The molecule has 110 valence electrons. The van der Waals surface area contributed by atoms with E-state index in [1.807, 2.05) is 37.3 Å². The quantitative estimate of drug-likeness (QED) is 0.689. The number of hydrogen-bond acceptors (Lipinski definition) is 3. The van der Waals surface area contributed by atoms with E-state index in [1.54, 1.807) is 6.92 Å². The summed E-state index contributed by atoms with van der Waals surface area (Å²) in [5.41, 5.74) is 6.01. The molecule has 0 saturated carbocycles. The molecule has 5 heteroatoms. The molecule has 20 heavy (non-hydrogen) atoms. The highest BCUT2D eigenvalue weighted by Crippen LogP contribution is 2.18. The Labute approximate surface area is 119 Å². The Morgan fingerprint density at radius 1 is 1.20 bits per heavy atom. The maximum absolute atomic E-state index is 11.9. The van der Waals surface area contributed by atoms with Crippen LogP contribution in [0.15, 0.2) is 30.3 Å². The fourth-order valence-corrected chi connectivity index (χ4v) is 1.63. The van der Waals surface area contributed by atoms with Crippen LogP contribution in [0.1, 0.15) is 25.8 Å². The van der Waals surface area contributed by atoms with Crippen LogP contribution >= 0.6 is 0 Å². The van der Waals surface area contributed by atoms with Gasteiger partial charge in [-0.3, -0.25) is 9.59 Å². The van der Waals surface area contributed by atoms with Gasteiger partial charge < -0.3 is 16.4 Å². The first kappa shape index (κ1) is 16.2. The Morgan fingerprint density at radius 3 is 2.40 bits per heavy atom. The largest absolute Gasteiger partial charge is 0.350 e. The Morgan fingerprint density at radius 2 is 1.85 bits per heavy atom. The Hall–Kier alpha value is -1.88. The summed E-state index contributed by atoms with van der Waals surface area (Å²) in [5.74, 6) is -0.393. The number of carbonyl (C=O) groups is 2. The van der Waals surface area contributed by atoms with Crippen molar-refractivity contribution in [3.63, 3.8) is 0 Å². The number of amides is 2. The summed E-state index contributed by atoms with van der Waals surface area (Å²) in [7, 11) is 0. The van der Waals surface area contributed by atoms with Crippen LogP contribution in [-0.2, 0) is 16.1 Å². The van der Waals surface area contributed by atoms with Crippen molar-refractivity contribution in [2.75, 3.05) is 13.1 Å². The molecule has 1 unspecified atom stereocenters. The van der Waals surface area contributed by atoms with Gasteiger partial charge in [-0.15, -0.1) is 0 Å². The molecule has 0 saturated heterocycles. The molecule has 0 heterocycles. The Balaban J connectivity index is 2.35. The molecule has 0 aliphatic carbocycles. The van der Waals surface area contributed by atoms with E-state index in [4.69, 9.17) is 5.73 Å². The fourth-order valence-electron chi connectivity index (χ4n) is 1.63. The lowest BCUT2D eigenvalue weighted by Gasteiger charge is -2.24. The van der Waals surface area contributed by atoms with Gasteiger partial charge in [-0.2, -0.15) is 0 Å². The van der Waals surface area contributed by atoms with Crippen molar-refractivity contribution < 1.29 is 9.59 Å². The van der Waals surface area contributed by atoms with Crippen LogP contribution < -0.4 is 16.4 Å². The third-order valence-electron chi connectivity index (χ3n) is 3.52. The minimum absolute atomic E-state index is 0.0265. The molecule has 0 aliphatic heterocycles. The summed E-state index contributed by atoms with van der Waals surface area (Å²) in [6, 6.07) is 9.61. The van der Waals surface area contributed by atoms with Crippen LogP contribution in [-0.4, -0.2) is 24.9 Å². The van der Waals surface area contributed by atoms with E-state index in [0.717, 1.165) is 5.56 Å². The van der Waals surface area contributed by atoms with Crippen molar-refractivity contribution in [2.24, 2.45) is 11.1 Å². The zero-order valence-corrected chi connectivity index (χ0v) is 12.1. The van der Waals surface area contributed by atoms with E-state index >= 15 is 0 Å². The average molecular weight is 277 g/mol. The zero-order chi connectivity index (χ0) is 15.0. The summed E-state index contributed by atoms with van der Waals surface area (Å²) < 4.78 is 0. The molecule has 1 aromatic rings. The topological polar surface area (TPSA) is 84.2 Å². The molecule has 0 radical (unpaired) electrons. The summed E-state index contributed by atoms with van der Waals surface area (Å²) in [6.07, 6.45) is 0.640. The Kier molecular flexibility index (Phi) is 6.18. The van der Waals surface area contributed by atoms with Gasteiger partial charge in [0.2, 0.25) is 11.8 Å². The first-order valence-electron chi connectivity index (χ1n) is 6.81. The number of nitrogens with two attached hydrogens (primary N) is 1. The molecule has 1 atom stereocenters. The van der Waals surface area contributed by atoms with Gasteiger partial charge in [0.25, 0.3) is 0 Å². The second kappa shape index (κ2) is 7.65. The van der Waals surface area contributed by atoms with Crippen LogP contribution in [0.5, 0.6) is 0 Å². The third kappa shape index (κ3) is 4.66. The van der Waals surface area contributed by atoms with Crippen LogP contribution in [0.25, 0.3) is 0 Å². The molecule has 0 spiro atoms. The first-order chi connectivity index (χ1) is 9.51. The normalized spacial score (nSPS) is 13.3. The van der Waals surface area contributed by atoms with Crippen LogP contribution in [0.3, 0.4) is 0 Å². The van der Waals surface area contributed by atoms with Gasteiger partial charge in [0, 0.05) is 13.1 Å². The van der Waals surface area contributed by atoms with Crippen LogP contribution in [0, 0.1) is 5.41 Å². The molecule has 1 aromatic carbocycles. The molecule has 1 rings (SSSR count). The maximum atomic E-state index is 11.9. The number of hydrogen-bond donors (Lipinski definition) is 3. The monoisotopic (exact) mass is 277 g/mol.